The number of aryl methyl sites for hydroxylation is 1. The topological polar surface area (TPSA) is 91.0 Å². The minimum absolute atomic E-state index is 0.273. The van der Waals surface area contributed by atoms with Crippen molar-refractivity contribution in [2.75, 3.05) is 11.4 Å². The summed E-state index contributed by atoms with van der Waals surface area (Å²) in [6, 6.07) is 22.8. The molecule has 1 aliphatic rings. The van der Waals surface area contributed by atoms with Gasteiger partial charge < -0.3 is 5.32 Å². The van der Waals surface area contributed by atoms with Gasteiger partial charge in [-0.2, -0.15) is 10.4 Å². The average molecular weight is 494 g/mol. The Bertz CT molecular complexity index is 1520. The van der Waals surface area contributed by atoms with E-state index in [1.165, 1.54) is 18.2 Å². The van der Waals surface area contributed by atoms with Gasteiger partial charge in [0, 0.05) is 23.6 Å². The van der Waals surface area contributed by atoms with Gasteiger partial charge in [0.1, 0.15) is 17.7 Å². The lowest BCUT2D eigenvalue weighted by Crippen LogP contribution is -2.55. The largest absolute Gasteiger partial charge is 0.339 e. The number of likely N-dealkylation sites (N-methyl/N-ethyl adjacent to an activating group) is 1. The first-order valence-electron chi connectivity index (χ1n) is 12.0. The number of para-hydroxylation sites is 1. The van der Waals surface area contributed by atoms with Crippen LogP contribution in [0.25, 0.3) is 5.69 Å². The summed E-state index contributed by atoms with van der Waals surface area (Å²) in [4.78, 5) is 28.9. The summed E-state index contributed by atoms with van der Waals surface area (Å²) in [6.07, 6.45) is 0. The summed E-state index contributed by atoms with van der Waals surface area (Å²) in [7, 11) is 0. The molecule has 184 valence electrons. The quantitative estimate of drug-likeness (QED) is 0.444. The van der Waals surface area contributed by atoms with Crippen LogP contribution in [0.1, 0.15) is 45.6 Å². The van der Waals surface area contributed by atoms with Crippen molar-refractivity contribution in [3.05, 3.63) is 113 Å². The molecule has 4 aromatic rings. The van der Waals surface area contributed by atoms with E-state index in [1.54, 1.807) is 39.9 Å². The van der Waals surface area contributed by atoms with Crippen LogP contribution in [-0.2, 0) is 4.79 Å². The van der Waals surface area contributed by atoms with Gasteiger partial charge in [0.15, 0.2) is 0 Å². The van der Waals surface area contributed by atoms with Crippen LogP contribution in [0.15, 0.2) is 78.9 Å². The molecule has 5 rings (SSSR count). The molecule has 0 aliphatic carbocycles. The van der Waals surface area contributed by atoms with Gasteiger partial charge in [-0.1, -0.05) is 36.4 Å². The number of hydrogen-bond donors (Lipinski definition) is 1. The molecule has 0 saturated heterocycles. The Labute approximate surface area is 213 Å². The van der Waals surface area contributed by atoms with Gasteiger partial charge in [-0.3, -0.25) is 14.5 Å². The van der Waals surface area contributed by atoms with Crippen LogP contribution >= 0.6 is 0 Å². The van der Waals surface area contributed by atoms with Crippen molar-refractivity contribution in [2.24, 2.45) is 0 Å². The van der Waals surface area contributed by atoms with E-state index >= 15 is 0 Å². The van der Waals surface area contributed by atoms with E-state index in [2.05, 4.69) is 5.32 Å². The minimum atomic E-state index is -0.969. The number of carbonyl (C=O) groups is 2. The maximum atomic E-state index is 14.0. The fourth-order valence-corrected chi connectivity index (χ4v) is 4.92. The molecule has 1 aliphatic heterocycles. The number of nitrogens with zero attached hydrogens (tertiary/aromatic N) is 4. The highest BCUT2D eigenvalue weighted by molar-refractivity contribution is 6.05. The van der Waals surface area contributed by atoms with Crippen molar-refractivity contribution in [1.29, 1.82) is 5.26 Å². The number of carbonyl (C=O) groups excluding carboxylic acids is 2. The Morgan fingerprint density at radius 1 is 1.08 bits per heavy atom. The number of fused-ring (bicyclic) bond motifs is 1. The predicted molar refractivity (Wildman–Crippen MR) is 137 cm³/mol. The Hall–Kier alpha value is -4.77. The van der Waals surface area contributed by atoms with Crippen LogP contribution in [-0.4, -0.2) is 34.2 Å². The van der Waals surface area contributed by atoms with Gasteiger partial charge in [-0.25, -0.2) is 9.07 Å². The molecule has 0 fully saturated rings. The number of rotatable bonds is 5. The molecule has 1 aromatic heterocycles. The van der Waals surface area contributed by atoms with Crippen molar-refractivity contribution in [3.63, 3.8) is 0 Å². The zero-order valence-electron chi connectivity index (χ0n) is 20.4. The molecule has 2 amide bonds. The lowest BCUT2D eigenvalue weighted by atomic mass is 9.81. The van der Waals surface area contributed by atoms with E-state index in [0.29, 0.717) is 29.2 Å². The second kappa shape index (κ2) is 9.70. The fraction of sp³-hybridized carbons (Fsp3) is 0.172. The fourth-order valence-electron chi connectivity index (χ4n) is 4.92. The summed E-state index contributed by atoms with van der Waals surface area (Å²) in [6.45, 7) is 4.09. The highest BCUT2D eigenvalue weighted by Gasteiger charge is 2.45. The molecule has 3 aromatic carbocycles. The third-order valence-electron chi connectivity index (χ3n) is 6.60. The minimum Gasteiger partial charge on any atom is -0.339 e. The summed E-state index contributed by atoms with van der Waals surface area (Å²) < 4.78 is 15.6. The molecular formula is C29H24FN5O2. The second-order valence-electron chi connectivity index (χ2n) is 8.83. The maximum absolute atomic E-state index is 14.0. The highest BCUT2D eigenvalue weighted by atomic mass is 19.1. The Morgan fingerprint density at radius 2 is 1.81 bits per heavy atom. The molecule has 0 bridgehead atoms. The number of nitrogens with one attached hydrogen (secondary N) is 1. The van der Waals surface area contributed by atoms with Crippen LogP contribution in [0.3, 0.4) is 0 Å². The third kappa shape index (κ3) is 4.25. The first-order chi connectivity index (χ1) is 17.9. The number of amides is 2. The van der Waals surface area contributed by atoms with Gasteiger partial charge in [0.2, 0.25) is 0 Å². The molecule has 0 unspecified atom stereocenters. The van der Waals surface area contributed by atoms with Crippen LogP contribution < -0.4 is 10.2 Å². The van der Waals surface area contributed by atoms with Gasteiger partial charge >= 0.3 is 0 Å². The first kappa shape index (κ1) is 23.9. The van der Waals surface area contributed by atoms with Gasteiger partial charge in [-0.15, -0.1) is 0 Å². The molecule has 2 atom stereocenters. The lowest BCUT2D eigenvalue weighted by molar-refractivity contribution is -0.121. The first-order valence-corrected chi connectivity index (χ1v) is 12.0. The van der Waals surface area contributed by atoms with Crippen molar-refractivity contribution in [2.45, 2.75) is 25.8 Å². The summed E-state index contributed by atoms with van der Waals surface area (Å²) in [5.41, 5.74) is 3.58. The van der Waals surface area contributed by atoms with E-state index in [1.807, 2.05) is 50.2 Å². The summed E-state index contributed by atoms with van der Waals surface area (Å²) >= 11 is 0. The number of hydrogen-bond acceptors (Lipinski definition) is 4. The van der Waals surface area contributed by atoms with Crippen LogP contribution in [0.5, 0.6) is 0 Å². The van der Waals surface area contributed by atoms with E-state index in [4.69, 9.17) is 5.10 Å². The van der Waals surface area contributed by atoms with E-state index in [0.717, 1.165) is 11.3 Å². The molecule has 7 nitrogen and oxygen atoms in total. The monoisotopic (exact) mass is 493 g/mol. The van der Waals surface area contributed by atoms with Crippen LogP contribution in [0.2, 0.25) is 0 Å². The van der Waals surface area contributed by atoms with E-state index in [-0.39, 0.29) is 11.5 Å². The van der Waals surface area contributed by atoms with Crippen molar-refractivity contribution < 1.29 is 14.0 Å². The Balaban J connectivity index is 1.67. The molecule has 0 spiro atoms. The predicted octanol–water partition coefficient (Wildman–Crippen LogP) is 4.49. The number of nitriles is 1. The molecule has 0 saturated carbocycles. The van der Waals surface area contributed by atoms with E-state index in [9.17, 15) is 19.2 Å². The zero-order chi connectivity index (χ0) is 26.1. The van der Waals surface area contributed by atoms with Crippen LogP contribution in [0.4, 0.5) is 10.2 Å². The average Bonchev–Trinajstić information content (AvgIpc) is 3.26. The zero-order valence-corrected chi connectivity index (χ0v) is 20.4. The Kier molecular flexibility index (Phi) is 6.28. The smallest absolute Gasteiger partial charge is 0.252 e. The highest BCUT2D eigenvalue weighted by Crippen LogP contribution is 2.43. The van der Waals surface area contributed by atoms with Gasteiger partial charge in [0.25, 0.3) is 11.8 Å². The summed E-state index contributed by atoms with van der Waals surface area (Å²) in [5, 5.41) is 16.9. The Morgan fingerprint density at radius 3 is 2.49 bits per heavy atom. The van der Waals surface area contributed by atoms with Crippen molar-refractivity contribution in [3.8, 4) is 11.8 Å². The van der Waals surface area contributed by atoms with Crippen molar-refractivity contribution in [1.82, 2.24) is 15.1 Å². The van der Waals surface area contributed by atoms with Crippen molar-refractivity contribution >= 4 is 17.6 Å². The molecule has 0 radical (unpaired) electrons. The number of aromatic nitrogens is 2. The maximum Gasteiger partial charge on any atom is 0.252 e. The molecule has 8 heteroatoms. The SMILES string of the molecule is CCN1C(=O)[C@@H](NC(=O)c2cccc(C#N)c2)[C@@H](c2ccc(F)cc2)c2c(C)nn(-c3ccccc3)c21. The molecule has 1 N–H and O–H groups in total. The van der Waals surface area contributed by atoms with Crippen LogP contribution in [0, 0.1) is 24.1 Å². The second-order valence-corrected chi connectivity index (χ2v) is 8.83. The lowest BCUT2D eigenvalue weighted by Gasteiger charge is -2.38. The van der Waals surface area contributed by atoms with Gasteiger partial charge in [-0.05, 0) is 61.9 Å². The number of halogens is 1. The van der Waals surface area contributed by atoms with E-state index < -0.39 is 23.7 Å². The third-order valence-corrected chi connectivity index (χ3v) is 6.60. The molecule has 2 heterocycles. The normalized spacial score (nSPS) is 16.7. The molecular weight excluding hydrogens is 469 g/mol. The summed E-state index contributed by atoms with van der Waals surface area (Å²) in [5.74, 6) is -1.15. The standard InChI is InChI=1S/C29H24FN5O2/c1-3-34-28-24(18(2)33-35(28)23-10-5-4-6-11-23)25(20-12-14-22(30)15-13-20)26(29(34)37)32-27(36)21-9-7-8-19(16-21)17-31/h4-16,25-26H,3H2,1-2H3,(H,32,36)/t25-,26-/m0/s1. The molecule has 37 heavy (non-hydrogen) atoms. The number of anilines is 1. The number of benzene rings is 3. The van der Waals surface area contributed by atoms with Gasteiger partial charge in [0.05, 0.1) is 23.0 Å².